The molecule has 1 unspecified atom stereocenters. The quantitative estimate of drug-likeness (QED) is 0.862. The van der Waals surface area contributed by atoms with E-state index < -0.39 is 5.91 Å². The number of pyridine rings is 1. The van der Waals surface area contributed by atoms with Gasteiger partial charge in [0.05, 0.1) is 6.61 Å². The first-order valence-corrected chi connectivity index (χ1v) is 9.28. The zero-order valence-electron chi connectivity index (χ0n) is 15.2. The molecule has 1 amide bonds. The van der Waals surface area contributed by atoms with Crippen molar-refractivity contribution in [2.45, 2.75) is 37.3 Å². The first kappa shape index (κ1) is 19.5. The highest BCUT2D eigenvalue weighted by atomic mass is 35.5. The monoisotopic (exact) mass is 381 g/mol. The van der Waals surface area contributed by atoms with Crippen molar-refractivity contribution < 1.29 is 14.3 Å². The van der Waals surface area contributed by atoms with Crippen LogP contribution in [0.4, 0.5) is 0 Å². The van der Waals surface area contributed by atoms with Crippen molar-refractivity contribution in [3.8, 4) is 0 Å². The van der Waals surface area contributed by atoms with E-state index in [4.69, 9.17) is 15.2 Å². The van der Waals surface area contributed by atoms with E-state index in [1.54, 1.807) is 6.20 Å². The third-order valence-corrected chi connectivity index (χ3v) is 6.45. The molecular weight excluding hydrogens is 354 g/mol. The molecule has 2 N–H and O–H groups in total. The third-order valence-electron chi connectivity index (χ3n) is 6.45. The molecule has 144 valence electrons. The van der Waals surface area contributed by atoms with Crippen molar-refractivity contribution in [3.63, 3.8) is 0 Å². The largest absolute Gasteiger partial charge is 0.380 e. The molecule has 1 aliphatic carbocycles. The van der Waals surface area contributed by atoms with Crippen molar-refractivity contribution >= 4 is 18.3 Å². The van der Waals surface area contributed by atoms with Gasteiger partial charge < -0.3 is 15.2 Å². The van der Waals surface area contributed by atoms with Gasteiger partial charge in [-0.3, -0.25) is 14.7 Å². The molecule has 2 aliphatic heterocycles. The number of halogens is 1. The lowest BCUT2D eigenvalue weighted by Crippen LogP contribution is -2.61. The zero-order valence-corrected chi connectivity index (χ0v) is 16.0. The molecule has 0 aromatic carbocycles. The number of likely N-dealkylation sites (tertiary alicyclic amines) is 1. The van der Waals surface area contributed by atoms with Crippen LogP contribution in [0.1, 0.15) is 41.7 Å². The van der Waals surface area contributed by atoms with Gasteiger partial charge in [-0.25, -0.2) is 0 Å². The Hall–Kier alpha value is -1.21. The van der Waals surface area contributed by atoms with Gasteiger partial charge in [0.25, 0.3) is 5.91 Å². The number of hydrogen-bond acceptors (Lipinski definition) is 5. The van der Waals surface area contributed by atoms with Gasteiger partial charge >= 0.3 is 0 Å². The van der Waals surface area contributed by atoms with Gasteiger partial charge in [-0.15, -0.1) is 12.4 Å². The van der Waals surface area contributed by atoms with E-state index >= 15 is 0 Å². The predicted molar refractivity (Wildman–Crippen MR) is 100 cm³/mol. The Morgan fingerprint density at radius 1 is 1.35 bits per heavy atom. The second kappa shape index (κ2) is 7.80. The van der Waals surface area contributed by atoms with Crippen LogP contribution in [0.3, 0.4) is 0 Å². The van der Waals surface area contributed by atoms with Crippen molar-refractivity contribution in [2.24, 2.45) is 17.6 Å². The first-order chi connectivity index (χ1) is 12.1. The lowest BCUT2D eigenvalue weighted by Gasteiger charge is -2.56. The molecule has 2 saturated heterocycles. The molecule has 1 aromatic rings. The molecule has 0 spiro atoms. The Balaban J connectivity index is 0.00000196. The summed E-state index contributed by atoms with van der Waals surface area (Å²) in [5.74, 6) is 0.334. The lowest BCUT2D eigenvalue weighted by atomic mass is 9.62. The fourth-order valence-electron chi connectivity index (χ4n) is 5.31. The van der Waals surface area contributed by atoms with Gasteiger partial charge in [-0.2, -0.15) is 0 Å². The summed E-state index contributed by atoms with van der Waals surface area (Å²) in [6, 6.07) is 4.37. The molecule has 3 aliphatic rings. The number of carbonyl (C=O) groups excluding carboxylic acids is 1. The maximum absolute atomic E-state index is 11.6. The summed E-state index contributed by atoms with van der Waals surface area (Å²) in [6.45, 7) is 3.76. The van der Waals surface area contributed by atoms with E-state index in [0.29, 0.717) is 23.6 Å². The van der Waals surface area contributed by atoms with Crippen molar-refractivity contribution in [2.75, 3.05) is 33.4 Å². The van der Waals surface area contributed by atoms with E-state index in [-0.39, 0.29) is 18.0 Å². The van der Waals surface area contributed by atoms with Crippen molar-refractivity contribution in [3.05, 3.63) is 29.6 Å². The number of aromatic nitrogens is 1. The summed E-state index contributed by atoms with van der Waals surface area (Å²) >= 11 is 0. The number of amides is 1. The fraction of sp³-hybridized carbons (Fsp3) is 0.684. The van der Waals surface area contributed by atoms with Gasteiger partial charge in [-0.1, -0.05) is 6.42 Å². The molecule has 4 rings (SSSR count). The summed E-state index contributed by atoms with van der Waals surface area (Å²) in [6.07, 6.45) is 6.33. The molecule has 1 saturated carbocycles. The molecule has 7 heteroatoms. The van der Waals surface area contributed by atoms with Crippen LogP contribution in [0.15, 0.2) is 18.3 Å². The highest BCUT2D eigenvalue weighted by molar-refractivity contribution is 5.90. The standard InChI is InChI=1S/C19H27N3O3.ClH/c1-24-19(13-5-7-21-17(9-13)18(20)23)14-3-2-4-15(19)11-22(10-14)16-6-8-25-12-16;/h5,7,9,14-16H,2-4,6,8,10-12H2,1H3,(H2,20,23);1H/t14-,15+,16?,19+;. The van der Waals surface area contributed by atoms with Gasteiger partial charge in [0, 0.05) is 50.9 Å². The molecular formula is C19H28ClN3O3. The normalized spacial score (nSPS) is 34.3. The predicted octanol–water partition coefficient (Wildman–Crippen LogP) is 1.96. The summed E-state index contributed by atoms with van der Waals surface area (Å²) in [7, 11) is 1.81. The third kappa shape index (κ3) is 3.13. The van der Waals surface area contributed by atoms with Gasteiger partial charge in [0.15, 0.2) is 0 Å². The minimum atomic E-state index is -0.487. The van der Waals surface area contributed by atoms with E-state index in [9.17, 15) is 4.79 Å². The maximum atomic E-state index is 11.6. The highest BCUT2D eigenvalue weighted by Crippen LogP contribution is 2.52. The number of piperidine rings is 1. The summed E-state index contributed by atoms with van der Waals surface area (Å²) in [5.41, 5.74) is 6.48. The Morgan fingerprint density at radius 3 is 2.65 bits per heavy atom. The Labute approximate surface area is 160 Å². The molecule has 4 atom stereocenters. The average Bonchev–Trinajstić information content (AvgIpc) is 3.15. The molecule has 6 nitrogen and oxygen atoms in total. The Morgan fingerprint density at radius 2 is 2.08 bits per heavy atom. The number of methoxy groups -OCH3 is 1. The number of rotatable bonds is 4. The van der Waals surface area contributed by atoms with Crippen LogP contribution in [-0.2, 0) is 15.1 Å². The topological polar surface area (TPSA) is 77.7 Å². The van der Waals surface area contributed by atoms with Crippen LogP contribution in [-0.4, -0.2) is 55.2 Å². The van der Waals surface area contributed by atoms with E-state index in [2.05, 4.69) is 9.88 Å². The molecule has 0 radical (unpaired) electrons. The molecule has 2 bridgehead atoms. The van der Waals surface area contributed by atoms with Gasteiger partial charge in [0.1, 0.15) is 11.3 Å². The highest BCUT2D eigenvalue weighted by Gasteiger charge is 2.54. The van der Waals surface area contributed by atoms with Crippen LogP contribution >= 0.6 is 12.4 Å². The van der Waals surface area contributed by atoms with Crippen LogP contribution in [0, 0.1) is 11.8 Å². The number of nitrogens with two attached hydrogens (primary N) is 1. The van der Waals surface area contributed by atoms with Crippen LogP contribution in [0.5, 0.6) is 0 Å². The SMILES string of the molecule is CO[C@@]1(c2ccnc(C(N)=O)c2)[C@@H]2CCC[C@H]1CN(C1CCOC1)C2.Cl. The number of nitrogens with zero attached hydrogens (tertiary/aromatic N) is 2. The van der Waals surface area contributed by atoms with E-state index in [1.807, 2.05) is 19.2 Å². The maximum Gasteiger partial charge on any atom is 0.267 e. The van der Waals surface area contributed by atoms with E-state index in [0.717, 1.165) is 51.1 Å². The van der Waals surface area contributed by atoms with Crippen LogP contribution in [0.2, 0.25) is 0 Å². The summed E-state index contributed by atoms with van der Waals surface area (Å²) in [5, 5.41) is 0. The minimum absolute atomic E-state index is 0. The van der Waals surface area contributed by atoms with Crippen LogP contribution < -0.4 is 5.73 Å². The number of hydrogen-bond donors (Lipinski definition) is 1. The minimum Gasteiger partial charge on any atom is -0.380 e. The number of fused-ring (bicyclic) bond motifs is 2. The molecule has 3 heterocycles. The lowest BCUT2D eigenvalue weighted by molar-refractivity contribution is -0.174. The smallest absolute Gasteiger partial charge is 0.267 e. The van der Waals surface area contributed by atoms with Gasteiger partial charge in [-0.05, 0) is 37.0 Å². The first-order valence-electron chi connectivity index (χ1n) is 9.28. The second-order valence-electron chi connectivity index (χ2n) is 7.59. The van der Waals surface area contributed by atoms with Gasteiger partial charge in [0.2, 0.25) is 0 Å². The average molecular weight is 382 g/mol. The van der Waals surface area contributed by atoms with Crippen LogP contribution in [0.25, 0.3) is 0 Å². The number of carbonyl (C=O) groups is 1. The van der Waals surface area contributed by atoms with Crippen molar-refractivity contribution in [1.82, 2.24) is 9.88 Å². The number of primary amides is 1. The summed E-state index contributed by atoms with van der Waals surface area (Å²) in [4.78, 5) is 18.3. The molecule has 3 fully saturated rings. The Kier molecular flexibility index (Phi) is 5.87. The Bertz CT molecular complexity index is 637. The molecule has 1 aromatic heterocycles. The fourth-order valence-corrected chi connectivity index (χ4v) is 5.31. The second-order valence-corrected chi connectivity index (χ2v) is 7.59. The summed E-state index contributed by atoms with van der Waals surface area (Å²) < 4.78 is 11.8. The molecule has 26 heavy (non-hydrogen) atoms. The van der Waals surface area contributed by atoms with E-state index in [1.165, 1.54) is 6.42 Å². The van der Waals surface area contributed by atoms with Crippen molar-refractivity contribution in [1.29, 1.82) is 0 Å². The zero-order chi connectivity index (χ0) is 17.4. The number of ether oxygens (including phenoxy) is 2.